The highest BCUT2D eigenvalue weighted by Crippen LogP contribution is 2.07. The van der Waals surface area contributed by atoms with E-state index in [1.807, 2.05) is 6.07 Å². The summed E-state index contributed by atoms with van der Waals surface area (Å²) in [6, 6.07) is 10.9. The Bertz CT molecular complexity index is 258. The average Bonchev–Trinajstić information content (AvgIpc) is 2.25. The Morgan fingerprint density at radius 1 is 1.20 bits per heavy atom. The first-order valence-corrected chi connectivity index (χ1v) is 6.09. The van der Waals surface area contributed by atoms with E-state index in [0.29, 0.717) is 17.8 Å². The molecule has 84 valence electrons. The third-order valence-electron chi connectivity index (χ3n) is 2.38. The predicted octanol–water partition coefficient (Wildman–Crippen LogP) is 3.43. The molecule has 1 N–H and O–H groups in total. The van der Waals surface area contributed by atoms with Crippen molar-refractivity contribution >= 4 is 11.6 Å². The summed E-state index contributed by atoms with van der Waals surface area (Å²) in [6.07, 6.45) is 1.14. The monoisotopic (exact) mass is 225 g/mol. The van der Waals surface area contributed by atoms with Gasteiger partial charge in [-0.15, -0.1) is 11.6 Å². The van der Waals surface area contributed by atoms with E-state index >= 15 is 0 Å². The molecule has 0 heterocycles. The Kier molecular flexibility index (Phi) is 5.74. The molecular formula is C13H20ClN. The zero-order chi connectivity index (χ0) is 11.1. The normalized spacial score (nSPS) is 13.1. The fourth-order valence-electron chi connectivity index (χ4n) is 1.63. The summed E-state index contributed by atoms with van der Waals surface area (Å²) in [5.41, 5.74) is 1.32. The maximum absolute atomic E-state index is 5.92. The molecule has 0 saturated heterocycles. The van der Waals surface area contributed by atoms with Crippen molar-refractivity contribution in [3.63, 3.8) is 0 Å². The molecule has 1 rings (SSSR count). The van der Waals surface area contributed by atoms with Gasteiger partial charge in [0.1, 0.15) is 0 Å². The van der Waals surface area contributed by atoms with Gasteiger partial charge in [0, 0.05) is 18.5 Å². The van der Waals surface area contributed by atoms with Crippen molar-refractivity contribution in [3.8, 4) is 0 Å². The molecule has 0 bridgehead atoms. The van der Waals surface area contributed by atoms with E-state index in [1.54, 1.807) is 0 Å². The SMILES string of the molecule is CC(C)C[C@@H](CCl)NCc1ccccc1. The lowest BCUT2D eigenvalue weighted by Crippen LogP contribution is -2.31. The largest absolute Gasteiger partial charge is 0.309 e. The predicted molar refractivity (Wildman–Crippen MR) is 67.2 cm³/mol. The lowest BCUT2D eigenvalue weighted by atomic mass is 10.0. The van der Waals surface area contributed by atoms with Crippen LogP contribution < -0.4 is 5.32 Å². The molecule has 2 heteroatoms. The van der Waals surface area contributed by atoms with Gasteiger partial charge in [-0.05, 0) is 17.9 Å². The minimum absolute atomic E-state index is 0.423. The zero-order valence-corrected chi connectivity index (χ0v) is 10.3. The van der Waals surface area contributed by atoms with Crippen LogP contribution >= 0.6 is 11.6 Å². The first kappa shape index (κ1) is 12.5. The van der Waals surface area contributed by atoms with E-state index in [-0.39, 0.29) is 0 Å². The molecule has 0 aromatic heterocycles. The number of hydrogen-bond donors (Lipinski definition) is 1. The molecule has 15 heavy (non-hydrogen) atoms. The van der Waals surface area contributed by atoms with Gasteiger partial charge in [0.15, 0.2) is 0 Å². The topological polar surface area (TPSA) is 12.0 Å². The standard InChI is InChI=1S/C13H20ClN/c1-11(2)8-13(9-14)15-10-12-6-4-3-5-7-12/h3-7,11,13,15H,8-10H2,1-2H3/t13-/m0/s1. The molecule has 0 unspecified atom stereocenters. The fourth-order valence-corrected chi connectivity index (χ4v) is 1.86. The molecular weight excluding hydrogens is 206 g/mol. The van der Waals surface area contributed by atoms with Gasteiger partial charge in [-0.3, -0.25) is 0 Å². The van der Waals surface area contributed by atoms with E-state index in [2.05, 4.69) is 43.4 Å². The van der Waals surface area contributed by atoms with Crippen LogP contribution in [0.4, 0.5) is 0 Å². The lowest BCUT2D eigenvalue weighted by Gasteiger charge is -2.18. The van der Waals surface area contributed by atoms with Gasteiger partial charge in [0.05, 0.1) is 0 Å². The molecule has 1 aromatic carbocycles. The Morgan fingerprint density at radius 3 is 2.40 bits per heavy atom. The van der Waals surface area contributed by atoms with Crippen LogP contribution in [0.2, 0.25) is 0 Å². The summed E-state index contributed by atoms with van der Waals surface area (Å²) in [7, 11) is 0. The Labute approximate surface area is 97.8 Å². The van der Waals surface area contributed by atoms with Crippen molar-refractivity contribution < 1.29 is 0 Å². The molecule has 1 atom stereocenters. The molecule has 0 spiro atoms. The number of benzene rings is 1. The fraction of sp³-hybridized carbons (Fsp3) is 0.538. The van der Waals surface area contributed by atoms with Gasteiger partial charge in [-0.25, -0.2) is 0 Å². The Balaban J connectivity index is 2.34. The second kappa shape index (κ2) is 6.86. The van der Waals surface area contributed by atoms with E-state index in [9.17, 15) is 0 Å². The molecule has 0 radical (unpaired) electrons. The molecule has 0 aliphatic carbocycles. The number of halogens is 1. The summed E-state index contributed by atoms with van der Waals surface area (Å²) < 4.78 is 0. The van der Waals surface area contributed by atoms with Crippen molar-refractivity contribution in [2.75, 3.05) is 5.88 Å². The van der Waals surface area contributed by atoms with Gasteiger partial charge in [0.25, 0.3) is 0 Å². The lowest BCUT2D eigenvalue weighted by molar-refractivity contribution is 0.445. The zero-order valence-electron chi connectivity index (χ0n) is 9.54. The minimum Gasteiger partial charge on any atom is -0.309 e. The second-order valence-electron chi connectivity index (χ2n) is 4.35. The summed E-state index contributed by atoms with van der Waals surface area (Å²) in [6.45, 7) is 5.36. The van der Waals surface area contributed by atoms with Crippen LogP contribution in [-0.4, -0.2) is 11.9 Å². The van der Waals surface area contributed by atoms with Gasteiger partial charge in [0.2, 0.25) is 0 Å². The molecule has 0 saturated carbocycles. The van der Waals surface area contributed by atoms with E-state index in [0.717, 1.165) is 13.0 Å². The molecule has 1 aromatic rings. The van der Waals surface area contributed by atoms with E-state index < -0.39 is 0 Å². The number of nitrogens with one attached hydrogen (secondary N) is 1. The molecule has 0 aliphatic heterocycles. The first-order valence-electron chi connectivity index (χ1n) is 5.55. The number of alkyl halides is 1. The number of hydrogen-bond acceptors (Lipinski definition) is 1. The van der Waals surface area contributed by atoms with Crippen molar-refractivity contribution in [2.24, 2.45) is 5.92 Å². The van der Waals surface area contributed by atoms with Crippen LogP contribution in [0, 0.1) is 5.92 Å². The van der Waals surface area contributed by atoms with Crippen LogP contribution in [0.1, 0.15) is 25.8 Å². The van der Waals surface area contributed by atoms with Gasteiger partial charge < -0.3 is 5.32 Å². The van der Waals surface area contributed by atoms with Crippen LogP contribution in [0.3, 0.4) is 0 Å². The molecule has 0 fully saturated rings. The van der Waals surface area contributed by atoms with Gasteiger partial charge in [-0.2, -0.15) is 0 Å². The van der Waals surface area contributed by atoms with Gasteiger partial charge in [-0.1, -0.05) is 44.2 Å². The maximum Gasteiger partial charge on any atom is 0.0377 e. The summed E-state index contributed by atoms with van der Waals surface area (Å²) in [4.78, 5) is 0. The molecule has 0 aliphatic rings. The highest BCUT2D eigenvalue weighted by atomic mass is 35.5. The van der Waals surface area contributed by atoms with Gasteiger partial charge >= 0.3 is 0 Å². The summed E-state index contributed by atoms with van der Waals surface area (Å²) in [5.74, 6) is 1.38. The quantitative estimate of drug-likeness (QED) is 0.732. The van der Waals surface area contributed by atoms with Crippen molar-refractivity contribution in [1.82, 2.24) is 5.32 Å². The smallest absolute Gasteiger partial charge is 0.0377 e. The van der Waals surface area contributed by atoms with E-state index in [4.69, 9.17) is 11.6 Å². The van der Waals surface area contributed by atoms with Crippen LogP contribution in [-0.2, 0) is 6.54 Å². The average molecular weight is 226 g/mol. The van der Waals surface area contributed by atoms with Crippen LogP contribution in [0.5, 0.6) is 0 Å². The summed E-state index contributed by atoms with van der Waals surface area (Å²) >= 11 is 5.92. The third-order valence-corrected chi connectivity index (χ3v) is 2.75. The first-order chi connectivity index (χ1) is 7.22. The molecule has 0 amide bonds. The van der Waals surface area contributed by atoms with Crippen molar-refractivity contribution in [1.29, 1.82) is 0 Å². The molecule has 1 nitrogen and oxygen atoms in total. The van der Waals surface area contributed by atoms with E-state index in [1.165, 1.54) is 5.56 Å². The third kappa shape index (κ3) is 5.19. The summed E-state index contributed by atoms with van der Waals surface area (Å²) in [5, 5.41) is 3.49. The van der Waals surface area contributed by atoms with Crippen molar-refractivity contribution in [2.45, 2.75) is 32.9 Å². The van der Waals surface area contributed by atoms with Crippen molar-refractivity contribution in [3.05, 3.63) is 35.9 Å². The Hall–Kier alpha value is -0.530. The second-order valence-corrected chi connectivity index (χ2v) is 4.66. The highest BCUT2D eigenvalue weighted by Gasteiger charge is 2.08. The highest BCUT2D eigenvalue weighted by molar-refractivity contribution is 6.18. The minimum atomic E-state index is 0.423. The van der Waals surface area contributed by atoms with Crippen LogP contribution in [0.25, 0.3) is 0 Å². The number of rotatable bonds is 6. The Morgan fingerprint density at radius 2 is 1.87 bits per heavy atom. The maximum atomic E-state index is 5.92. The van der Waals surface area contributed by atoms with Crippen LogP contribution in [0.15, 0.2) is 30.3 Å².